The van der Waals surface area contributed by atoms with Crippen LogP contribution in [0.15, 0.2) is 29.1 Å². The Balaban J connectivity index is 1.53. The number of ether oxygens (including phenoxy) is 1. The zero-order chi connectivity index (χ0) is 19.8. The van der Waals surface area contributed by atoms with Gasteiger partial charge in [0.25, 0.3) is 5.56 Å². The molecule has 4 N–H and O–H groups in total. The number of para-hydroxylation sites is 1. The highest BCUT2D eigenvalue weighted by molar-refractivity contribution is 7.21. The fourth-order valence-electron chi connectivity index (χ4n) is 3.90. The van der Waals surface area contributed by atoms with Gasteiger partial charge in [-0.1, -0.05) is 12.1 Å². The number of fused-ring (bicyclic) bond motifs is 1. The molecule has 29 heavy (non-hydrogen) atoms. The Morgan fingerprint density at radius 3 is 2.76 bits per heavy atom. The highest BCUT2D eigenvalue weighted by atomic mass is 32.1. The van der Waals surface area contributed by atoms with Gasteiger partial charge in [-0.05, 0) is 37.3 Å². The first-order valence-corrected chi connectivity index (χ1v) is 10.7. The molecule has 1 saturated carbocycles. The minimum absolute atomic E-state index is 0.157. The topological polar surface area (TPSA) is 112 Å². The summed E-state index contributed by atoms with van der Waals surface area (Å²) in [6.07, 6.45) is 2.78. The fourth-order valence-corrected chi connectivity index (χ4v) is 4.91. The number of hydrogen-bond donors (Lipinski definition) is 4. The van der Waals surface area contributed by atoms with Crippen LogP contribution in [0.3, 0.4) is 0 Å². The standard InChI is InChI=1S/C20H23N5O3S/c26-8-11-5-6-12(7-11)21-17-16(19-23-14-3-1-2-4-15(14)29-19)18(27)25-20(24-17)22-13-9-28-10-13/h1-4,11-13,26H,5-10H2,(H3,21,22,24,25,27). The molecular weight excluding hydrogens is 390 g/mol. The van der Waals surface area contributed by atoms with E-state index in [1.807, 2.05) is 24.3 Å². The minimum Gasteiger partial charge on any atom is -0.396 e. The third-order valence-corrected chi connectivity index (χ3v) is 6.60. The van der Waals surface area contributed by atoms with Crippen LogP contribution in [-0.4, -0.2) is 52.0 Å². The van der Waals surface area contributed by atoms with E-state index in [-0.39, 0.29) is 24.2 Å². The Labute approximate surface area is 171 Å². The summed E-state index contributed by atoms with van der Waals surface area (Å²) in [5, 5.41) is 16.8. The molecule has 1 aliphatic carbocycles. The van der Waals surface area contributed by atoms with Crippen LogP contribution in [0.1, 0.15) is 19.3 Å². The SMILES string of the molecule is O=c1[nH]c(NC2COC2)nc(NC2CCC(CO)C2)c1-c1nc2ccccc2s1. The molecule has 3 heterocycles. The summed E-state index contributed by atoms with van der Waals surface area (Å²) in [5.74, 6) is 1.27. The molecule has 1 saturated heterocycles. The normalized spacial score (nSPS) is 22.0. The molecular formula is C20H23N5O3S. The zero-order valence-electron chi connectivity index (χ0n) is 15.9. The van der Waals surface area contributed by atoms with Crippen LogP contribution in [0.25, 0.3) is 20.8 Å². The Kier molecular flexibility index (Phi) is 4.94. The predicted molar refractivity (Wildman–Crippen MR) is 114 cm³/mol. The van der Waals surface area contributed by atoms with Gasteiger partial charge in [0.1, 0.15) is 16.4 Å². The van der Waals surface area contributed by atoms with Gasteiger partial charge in [0.15, 0.2) is 0 Å². The Morgan fingerprint density at radius 1 is 1.17 bits per heavy atom. The summed E-state index contributed by atoms with van der Waals surface area (Å²) in [4.78, 5) is 25.2. The molecule has 2 aromatic heterocycles. The number of anilines is 2. The first-order valence-electron chi connectivity index (χ1n) is 9.91. The quantitative estimate of drug-likeness (QED) is 0.491. The molecule has 8 nitrogen and oxygen atoms in total. The molecule has 1 aliphatic heterocycles. The molecule has 152 valence electrons. The number of aromatic amines is 1. The van der Waals surface area contributed by atoms with Crippen LogP contribution in [0.2, 0.25) is 0 Å². The number of aliphatic hydroxyl groups excluding tert-OH is 1. The van der Waals surface area contributed by atoms with Crippen molar-refractivity contribution < 1.29 is 9.84 Å². The molecule has 9 heteroatoms. The lowest BCUT2D eigenvalue weighted by molar-refractivity contribution is 0.0208. The summed E-state index contributed by atoms with van der Waals surface area (Å²) in [7, 11) is 0. The van der Waals surface area contributed by atoms with E-state index in [2.05, 4.69) is 25.6 Å². The Bertz CT molecular complexity index is 1040. The van der Waals surface area contributed by atoms with Crippen LogP contribution in [0.5, 0.6) is 0 Å². The molecule has 0 spiro atoms. The monoisotopic (exact) mass is 413 g/mol. The number of aromatic nitrogens is 3. The van der Waals surface area contributed by atoms with Crippen molar-refractivity contribution in [1.82, 2.24) is 15.0 Å². The van der Waals surface area contributed by atoms with E-state index in [1.165, 1.54) is 11.3 Å². The molecule has 2 unspecified atom stereocenters. The van der Waals surface area contributed by atoms with Crippen molar-refractivity contribution in [2.45, 2.75) is 31.3 Å². The zero-order valence-corrected chi connectivity index (χ0v) is 16.7. The maximum atomic E-state index is 13.0. The van der Waals surface area contributed by atoms with E-state index in [1.54, 1.807) is 0 Å². The molecule has 2 aliphatic rings. The first-order chi connectivity index (χ1) is 14.2. The van der Waals surface area contributed by atoms with Crippen molar-refractivity contribution in [3.05, 3.63) is 34.6 Å². The van der Waals surface area contributed by atoms with Crippen LogP contribution < -0.4 is 16.2 Å². The minimum atomic E-state index is -0.221. The molecule has 3 aromatic rings. The van der Waals surface area contributed by atoms with Gasteiger partial charge in [-0.3, -0.25) is 9.78 Å². The van der Waals surface area contributed by atoms with Crippen molar-refractivity contribution in [3.63, 3.8) is 0 Å². The molecule has 5 rings (SSSR count). The van der Waals surface area contributed by atoms with Gasteiger partial charge < -0.3 is 20.5 Å². The van der Waals surface area contributed by atoms with E-state index in [0.717, 1.165) is 29.5 Å². The third-order valence-electron chi connectivity index (χ3n) is 5.55. The van der Waals surface area contributed by atoms with Crippen LogP contribution in [0.4, 0.5) is 11.8 Å². The van der Waals surface area contributed by atoms with Gasteiger partial charge in [-0.2, -0.15) is 4.98 Å². The molecule has 0 bridgehead atoms. The second-order valence-corrected chi connectivity index (χ2v) is 8.74. The van der Waals surface area contributed by atoms with Crippen molar-refractivity contribution in [2.24, 2.45) is 5.92 Å². The average molecular weight is 414 g/mol. The molecule has 1 aromatic carbocycles. The van der Waals surface area contributed by atoms with Crippen LogP contribution >= 0.6 is 11.3 Å². The summed E-state index contributed by atoms with van der Waals surface area (Å²) < 4.78 is 6.23. The second-order valence-electron chi connectivity index (χ2n) is 7.71. The van der Waals surface area contributed by atoms with Crippen molar-refractivity contribution in [3.8, 4) is 10.6 Å². The van der Waals surface area contributed by atoms with Crippen molar-refractivity contribution >= 4 is 33.3 Å². The highest BCUT2D eigenvalue weighted by Gasteiger charge is 2.27. The molecule has 0 amide bonds. The van der Waals surface area contributed by atoms with Gasteiger partial charge in [0.05, 0.1) is 29.5 Å². The maximum Gasteiger partial charge on any atom is 0.264 e. The number of hydrogen-bond acceptors (Lipinski definition) is 8. The largest absolute Gasteiger partial charge is 0.396 e. The first kappa shape index (κ1) is 18.5. The molecule has 2 atom stereocenters. The lowest BCUT2D eigenvalue weighted by atomic mass is 10.1. The average Bonchev–Trinajstić information content (AvgIpc) is 3.30. The van der Waals surface area contributed by atoms with E-state index in [0.29, 0.717) is 41.5 Å². The van der Waals surface area contributed by atoms with Crippen LogP contribution in [-0.2, 0) is 4.74 Å². The summed E-state index contributed by atoms with van der Waals surface area (Å²) in [6.45, 7) is 1.40. The number of nitrogens with zero attached hydrogens (tertiary/aromatic N) is 2. The van der Waals surface area contributed by atoms with Crippen molar-refractivity contribution in [2.75, 3.05) is 30.5 Å². The number of aliphatic hydroxyl groups is 1. The molecule has 2 fully saturated rings. The number of H-pyrrole nitrogens is 1. The second kappa shape index (κ2) is 7.74. The van der Waals surface area contributed by atoms with E-state index in [9.17, 15) is 9.90 Å². The van der Waals surface area contributed by atoms with Gasteiger partial charge >= 0.3 is 0 Å². The van der Waals surface area contributed by atoms with Gasteiger partial charge in [0.2, 0.25) is 5.95 Å². The van der Waals surface area contributed by atoms with E-state index < -0.39 is 0 Å². The van der Waals surface area contributed by atoms with Crippen LogP contribution in [0, 0.1) is 5.92 Å². The fraction of sp³-hybridized carbons (Fsp3) is 0.450. The number of benzene rings is 1. The number of rotatable bonds is 6. The smallest absolute Gasteiger partial charge is 0.264 e. The number of thiazole rings is 1. The summed E-state index contributed by atoms with van der Waals surface area (Å²) in [5.41, 5.74) is 1.11. The number of nitrogens with one attached hydrogen (secondary N) is 3. The summed E-state index contributed by atoms with van der Waals surface area (Å²) in [6, 6.07) is 8.18. The predicted octanol–water partition coefficient (Wildman–Crippen LogP) is 2.43. The Hall–Kier alpha value is -2.49. The van der Waals surface area contributed by atoms with E-state index in [4.69, 9.17) is 4.74 Å². The summed E-state index contributed by atoms with van der Waals surface area (Å²) >= 11 is 1.49. The van der Waals surface area contributed by atoms with Gasteiger partial charge in [-0.25, -0.2) is 4.98 Å². The Morgan fingerprint density at radius 2 is 2.03 bits per heavy atom. The molecule has 0 radical (unpaired) electrons. The maximum absolute atomic E-state index is 13.0. The van der Waals surface area contributed by atoms with E-state index >= 15 is 0 Å². The third kappa shape index (κ3) is 3.73. The lowest BCUT2D eigenvalue weighted by Crippen LogP contribution is -2.41. The highest BCUT2D eigenvalue weighted by Crippen LogP contribution is 2.34. The van der Waals surface area contributed by atoms with Crippen molar-refractivity contribution in [1.29, 1.82) is 0 Å². The van der Waals surface area contributed by atoms with Gasteiger partial charge in [-0.15, -0.1) is 11.3 Å². The van der Waals surface area contributed by atoms with Gasteiger partial charge in [0, 0.05) is 12.6 Å². The lowest BCUT2D eigenvalue weighted by Gasteiger charge is -2.27.